The van der Waals surface area contributed by atoms with Gasteiger partial charge in [-0.05, 0) is 42.5 Å². The fourth-order valence-electron chi connectivity index (χ4n) is 3.38. The van der Waals surface area contributed by atoms with Gasteiger partial charge in [-0.1, -0.05) is 30.7 Å². The number of nitrogens with zero attached hydrogens (tertiary/aromatic N) is 1. The highest BCUT2D eigenvalue weighted by Gasteiger charge is 2.42. The molecule has 1 aromatic rings. The number of carbonyl (C=O) groups is 1. The fraction of sp³-hybridized carbons (Fsp3) is 0.500. The first kappa shape index (κ1) is 15.4. The molecule has 1 spiro atoms. The molecule has 0 saturated carbocycles. The van der Waals surface area contributed by atoms with Crippen LogP contribution in [0.4, 0.5) is 0 Å². The molecule has 0 aromatic heterocycles. The summed E-state index contributed by atoms with van der Waals surface area (Å²) in [6.45, 7) is 3.61. The molecule has 22 heavy (non-hydrogen) atoms. The van der Waals surface area contributed by atoms with Gasteiger partial charge in [0.1, 0.15) is 5.60 Å². The van der Waals surface area contributed by atoms with Crippen LogP contribution in [0.25, 0.3) is 5.57 Å². The van der Waals surface area contributed by atoms with E-state index in [9.17, 15) is 4.79 Å². The number of likely N-dealkylation sites (tertiary alicyclic amines) is 1. The van der Waals surface area contributed by atoms with E-state index in [1.165, 1.54) is 5.57 Å². The van der Waals surface area contributed by atoms with Gasteiger partial charge in [0.2, 0.25) is 5.91 Å². The number of piperidine rings is 1. The third-order valence-corrected chi connectivity index (χ3v) is 4.79. The lowest BCUT2D eigenvalue weighted by Crippen LogP contribution is -2.50. The Bertz CT molecular complexity index is 581. The molecule has 1 unspecified atom stereocenters. The number of hydrogen-bond acceptors (Lipinski definition) is 2. The minimum Gasteiger partial charge on any atom is -0.492 e. The Morgan fingerprint density at radius 1 is 1.36 bits per heavy atom. The molecular weight excluding hydrogens is 298 g/mol. The molecule has 2 aliphatic heterocycles. The highest BCUT2D eigenvalue weighted by molar-refractivity contribution is 6.30. The minimum atomic E-state index is -0.226. The molecule has 1 aromatic carbocycles. The van der Waals surface area contributed by atoms with Crippen molar-refractivity contribution in [3.8, 4) is 0 Å². The van der Waals surface area contributed by atoms with Crippen molar-refractivity contribution in [3.05, 3.63) is 41.1 Å². The molecule has 1 saturated heterocycles. The zero-order chi connectivity index (χ0) is 15.6. The maximum absolute atomic E-state index is 12.2. The lowest BCUT2D eigenvalue weighted by molar-refractivity contribution is -0.137. The molecule has 0 aliphatic carbocycles. The molecule has 0 bridgehead atoms. The first-order valence-corrected chi connectivity index (χ1v) is 8.40. The Morgan fingerprint density at radius 3 is 2.86 bits per heavy atom. The van der Waals surface area contributed by atoms with Crippen molar-refractivity contribution in [2.24, 2.45) is 0 Å². The van der Waals surface area contributed by atoms with Gasteiger partial charge in [0.05, 0.1) is 12.8 Å². The second-order valence-corrected chi connectivity index (χ2v) is 6.73. The van der Waals surface area contributed by atoms with Gasteiger partial charge in [0.15, 0.2) is 0 Å². The van der Waals surface area contributed by atoms with E-state index >= 15 is 0 Å². The quantitative estimate of drug-likeness (QED) is 0.833. The van der Waals surface area contributed by atoms with Gasteiger partial charge in [-0.3, -0.25) is 4.79 Å². The summed E-state index contributed by atoms with van der Waals surface area (Å²) in [5.74, 6) is 0.255. The van der Waals surface area contributed by atoms with E-state index < -0.39 is 0 Å². The summed E-state index contributed by atoms with van der Waals surface area (Å²) in [4.78, 5) is 14.1. The predicted molar refractivity (Wildman–Crippen MR) is 88.6 cm³/mol. The monoisotopic (exact) mass is 319 g/mol. The van der Waals surface area contributed by atoms with E-state index in [4.69, 9.17) is 16.3 Å². The molecule has 1 fully saturated rings. The summed E-state index contributed by atoms with van der Waals surface area (Å²) in [7, 11) is 0. The number of hydrogen-bond donors (Lipinski definition) is 0. The number of ether oxygens (including phenoxy) is 1. The molecule has 4 heteroatoms. The van der Waals surface area contributed by atoms with Crippen LogP contribution in [0.1, 0.15) is 44.6 Å². The van der Waals surface area contributed by atoms with Crippen molar-refractivity contribution in [1.29, 1.82) is 0 Å². The molecular formula is C18H22ClNO2. The van der Waals surface area contributed by atoms with Crippen LogP contribution < -0.4 is 0 Å². The smallest absolute Gasteiger partial charge is 0.222 e. The average Bonchev–Trinajstić information content (AvgIpc) is 2.92. The van der Waals surface area contributed by atoms with E-state index in [0.717, 1.165) is 42.8 Å². The van der Waals surface area contributed by atoms with Crippen molar-refractivity contribution in [1.82, 2.24) is 4.90 Å². The standard InChI is InChI=1S/C18H22ClNO2/c1-2-4-17(21)20-10-3-9-18(13-20)11-15(12-22-18)14-5-7-16(19)8-6-14/h5-8,12H,2-4,9-11,13H2,1H3. The van der Waals surface area contributed by atoms with Crippen LogP contribution in [0.15, 0.2) is 30.5 Å². The molecule has 0 radical (unpaired) electrons. The van der Waals surface area contributed by atoms with Crippen molar-refractivity contribution < 1.29 is 9.53 Å². The van der Waals surface area contributed by atoms with Gasteiger partial charge in [-0.2, -0.15) is 0 Å². The Balaban J connectivity index is 1.69. The number of halogens is 1. The highest BCUT2D eigenvalue weighted by atomic mass is 35.5. The normalized spacial score (nSPS) is 24.3. The molecule has 1 atom stereocenters. The van der Waals surface area contributed by atoms with Crippen molar-refractivity contribution in [2.45, 2.75) is 44.6 Å². The lowest BCUT2D eigenvalue weighted by atomic mass is 9.86. The third kappa shape index (κ3) is 3.14. The summed E-state index contributed by atoms with van der Waals surface area (Å²) >= 11 is 5.95. The summed E-state index contributed by atoms with van der Waals surface area (Å²) in [5, 5.41) is 0.743. The summed E-state index contributed by atoms with van der Waals surface area (Å²) in [6, 6.07) is 7.86. The Labute approximate surface area is 136 Å². The van der Waals surface area contributed by atoms with Gasteiger partial charge >= 0.3 is 0 Å². The molecule has 2 aliphatic rings. The van der Waals surface area contributed by atoms with Crippen LogP contribution in [0.5, 0.6) is 0 Å². The van der Waals surface area contributed by atoms with E-state index in [1.54, 1.807) is 0 Å². The molecule has 3 rings (SSSR count). The lowest BCUT2D eigenvalue weighted by Gasteiger charge is -2.39. The van der Waals surface area contributed by atoms with Crippen LogP contribution in [-0.2, 0) is 9.53 Å². The Hall–Kier alpha value is -1.48. The molecule has 1 amide bonds. The summed E-state index contributed by atoms with van der Waals surface area (Å²) < 4.78 is 6.05. The van der Waals surface area contributed by atoms with Gasteiger partial charge in [0.25, 0.3) is 0 Å². The largest absolute Gasteiger partial charge is 0.492 e. The zero-order valence-electron chi connectivity index (χ0n) is 13.0. The molecule has 3 nitrogen and oxygen atoms in total. The maximum atomic E-state index is 12.2. The molecule has 118 valence electrons. The van der Waals surface area contributed by atoms with Gasteiger partial charge in [-0.25, -0.2) is 0 Å². The van der Waals surface area contributed by atoms with Crippen LogP contribution in [0, 0.1) is 0 Å². The second kappa shape index (κ2) is 6.33. The van der Waals surface area contributed by atoms with Crippen LogP contribution >= 0.6 is 11.6 Å². The number of carbonyl (C=O) groups excluding carboxylic acids is 1. The first-order valence-electron chi connectivity index (χ1n) is 8.02. The van der Waals surface area contributed by atoms with Crippen molar-refractivity contribution >= 4 is 23.1 Å². The van der Waals surface area contributed by atoms with Gasteiger partial charge in [0, 0.05) is 24.4 Å². The highest BCUT2D eigenvalue weighted by Crippen LogP contribution is 2.40. The van der Waals surface area contributed by atoms with Gasteiger partial charge < -0.3 is 9.64 Å². The zero-order valence-corrected chi connectivity index (χ0v) is 13.7. The predicted octanol–water partition coefficient (Wildman–Crippen LogP) is 4.26. The van der Waals surface area contributed by atoms with Gasteiger partial charge in [-0.15, -0.1) is 0 Å². The number of rotatable bonds is 3. The summed E-state index contributed by atoms with van der Waals surface area (Å²) in [6.07, 6.45) is 6.29. The maximum Gasteiger partial charge on any atom is 0.222 e. The molecule has 2 heterocycles. The topological polar surface area (TPSA) is 29.5 Å². The van der Waals surface area contributed by atoms with E-state index in [-0.39, 0.29) is 11.5 Å². The van der Waals surface area contributed by atoms with Crippen molar-refractivity contribution in [3.63, 3.8) is 0 Å². The van der Waals surface area contributed by atoms with E-state index in [1.807, 2.05) is 42.4 Å². The SMILES string of the molecule is CCCC(=O)N1CCCC2(CC(c3ccc(Cl)cc3)=CO2)C1. The van der Waals surface area contributed by atoms with Crippen LogP contribution in [0.2, 0.25) is 5.02 Å². The number of amides is 1. The minimum absolute atomic E-state index is 0.226. The number of benzene rings is 1. The second-order valence-electron chi connectivity index (χ2n) is 6.30. The summed E-state index contributed by atoms with van der Waals surface area (Å²) in [5.41, 5.74) is 2.12. The van der Waals surface area contributed by atoms with Crippen LogP contribution in [0.3, 0.4) is 0 Å². The fourth-order valence-corrected chi connectivity index (χ4v) is 3.51. The van der Waals surface area contributed by atoms with E-state index in [0.29, 0.717) is 13.0 Å². The Kier molecular flexibility index (Phi) is 4.44. The average molecular weight is 320 g/mol. The Morgan fingerprint density at radius 2 is 2.14 bits per heavy atom. The van der Waals surface area contributed by atoms with Crippen molar-refractivity contribution in [2.75, 3.05) is 13.1 Å². The first-order chi connectivity index (χ1) is 10.6. The van der Waals surface area contributed by atoms with Crippen LogP contribution in [-0.4, -0.2) is 29.5 Å². The van der Waals surface area contributed by atoms with E-state index in [2.05, 4.69) is 0 Å². The molecule has 0 N–H and O–H groups in total. The third-order valence-electron chi connectivity index (χ3n) is 4.53.